The Bertz CT molecular complexity index is 732. The highest BCUT2D eigenvalue weighted by Crippen LogP contribution is 2.42. The fourth-order valence-corrected chi connectivity index (χ4v) is 3.66. The Morgan fingerprint density at radius 1 is 1.25 bits per heavy atom. The van der Waals surface area contributed by atoms with E-state index < -0.39 is 11.6 Å². The fourth-order valence-electron chi connectivity index (χ4n) is 3.37. The molecule has 3 rings (SSSR count). The third-order valence-electron chi connectivity index (χ3n) is 4.52. The van der Waals surface area contributed by atoms with Gasteiger partial charge in [0.05, 0.1) is 10.7 Å². The average Bonchev–Trinajstić information content (AvgIpc) is 2.88. The van der Waals surface area contributed by atoms with Crippen LogP contribution in [0, 0.1) is 6.92 Å². The maximum absolute atomic E-state index is 12.5. The Labute approximate surface area is 148 Å². The van der Waals surface area contributed by atoms with E-state index in [1.807, 2.05) is 55.5 Å². The number of halogens is 1. The second-order valence-corrected chi connectivity index (χ2v) is 6.82. The van der Waals surface area contributed by atoms with Gasteiger partial charge in [0.25, 0.3) is 0 Å². The highest BCUT2D eigenvalue weighted by Gasteiger charge is 2.47. The van der Waals surface area contributed by atoms with E-state index >= 15 is 0 Å². The molecular weight excluding hydrogens is 322 g/mol. The van der Waals surface area contributed by atoms with Crippen LogP contribution in [0.3, 0.4) is 0 Å². The molecule has 0 radical (unpaired) electrons. The van der Waals surface area contributed by atoms with Gasteiger partial charge in [-0.1, -0.05) is 61.3 Å². The van der Waals surface area contributed by atoms with Crippen LogP contribution in [0.4, 0.5) is 5.69 Å². The van der Waals surface area contributed by atoms with E-state index in [4.69, 9.17) is 16.3 Å². The van der Waals surface area contributed by atoms with Crippen molar-refractivity contribution in [1.29, 1.82) is 0 Å². The smallest absolute Gasteiger partial charge is 0.329 e. The van der Waals surface area contributed by atoms with Crippen LogP contribution in [0.15, 0.2) is 48.5 Å². The minimum Gasteiger partial charge on any atom is -0.453 e. The number of anilines is 1. The third kappa shape index (κ3) is 3.27. The Balaban J connectivity index is 1.85. The van der Waals surface area contributed by atoms with Crippen LogP contribution in [0.2, 0.25) is 5.02 Å². The number of nitrogens with one attached hydrogen (secondary N) is 1. The van der Waals surface area contributed by atoms with E-state index in [9.17, 15) is 4.79 Å². The standard InChI is InChI=1S/C20H22ClNO2/c1-3-11-20(15-7-5-4-6-8-15)13-18(19(23)24-20)22-17-10-9-14(2)12-16(17)21/h4-10,12,18,22H,3,11,13H2,1-2H3. The van der Waals surface area contributed by atoms with Crippen molar-refractivity contribution in [2.24, 2.45) is 0 Å². The number of hydrogen-bond acceptors (Lipinski definition) is 3. The molecule has 0 aliphatic carbocycles. The first-order valence-electron chi connectivity index (χ1n) is 8.35. The van der Waals surface area contributed by atoms with Crippen molar-refractivity contribution in [3.63, 3.8) is 0 Å². The summed E-state index contributed by atoms with van der Waals surface area (Å²) in [5.74, 6) is -0.219. The molecule has 1 heterocycles. The molecule has 2 aromatic rings. The average molecular weight is 344 g/mol. The fraction of sp³-hybridized carbons (Fsp3) is 0.350. The molecular formula is C20H22ClNO2. The molecule has 4 heteroatoms. The Hall–Kier alpha value is -2.00. The summed E-state index contributed by atoms with van der Waals surface area (Å²) in [5.41, 5.74) is 2.36. The summed E-state index contributed by atoms with van der Waals surface area (Å²) in [6.07, 6.45) is 2.36. The summed E-state index contributed by atoms with van der Waals surface area (Å²) >= 11 is 6.29. The first-order chi connectivity index (χ1) is 11.5. The van der Waals surface area contributed by atoms with Crippen LogP contribution in [0.1, 0.15) is 37.3 Å². The van der Waals surface area contributed by atoms with Gasteiger partial charge in [-0.15, -0.1) is 0 Å². The van der Waals surface area contributed by atoms with Gasteiger partial charge < -0.3 is 10.1 Å². The van der Waals surface area contributed by atoms with Crippen molar-refractivity contribution >= 4 is 23.3 Å². The molecule has 1 fully saturated rings. The van der Waals surface area contributed by atoms with Gasteiger partial charge >= 0.3 is 5.97 Å². The second kappa shape index (κ2) is 6.86. The number of hydrogen-bond donors (Lipinski definition) is 1. The molecule has 1 saturated heterocycles. The molecule has 0 amide bonds. The predicted octanol–water partition coefficient (Wildman–Crippen LogP) is 5.07. The summed E-state index contributed by atoms with van der Waals surface area (Å²) in [5, 5.41) is 3.88. The highest BCUT2D eigenvalue weighted by atomic mass is 35.5. The number of benzene rings is 2. The molecule has 2 unspecified atom stereocenters. The normalized spacial score (nSPS) is 23.1. The van der Waals surface area contributed by atoms with E-state index in [0.717, 1.165) is 29.7 Å². The number of aryl methyl sites for hydroxylation is 1. The number of carbonyl (C=O) groups is 1. The molecule has 0 aromatic heterocycles. The van der Waals surface area contributed by atoms with E-state index in [1.165, 1.54) is 0 Å². The monoisotopic (exact) mass is 343 g/mol. The lowest BCUT2D eigenvalue weighted by Gasteiger charge is -2.28. The molecule has 2 aromatic carbocycles. The molecule has 126 valence electrons. The summed E-state index contributed by atoms with van der Waals surface area (Å²) in [6.45, 7) is 4.09. The van der Waals surface area contributed by atoms with E-state index in [-0.39, 0.29) is 5.97 Å². The molecule has 0 spiro atoms. The first-order valence-corrected chi connectivity index (χ1v) is 8.73. The summed E-state index contributed by atoms with van der Waals surface area (Å²) in [7, 11) is 0. The Kier molecular flexibility index (Phi) is 4.81. The molecule has 3 nitrogen and oxygen atoms in total. The Morgan fingerprint density at radius 2 is 2.00 bits per heavy atom. The molecule has 0 bridgehead atoms. The Morgan fingerprint density at radius 3 is 2.67 bits per heavy atom. The van der Waals surface area contributed by atoms with Gasteiger partial charge in [-0.3, -0.25) is 0 Å². The second-order valence-electron chi connectivity index (χ2n) is 6.42. The minimum atomic E-state index is -0.554. The van der Waals surface area contributed by atoms with Crippen LogP contribution in [-0.2, 0) is 15.1 Å². The summed E-state index contributed by atoms with van der Waals surface area (Å²) < 4.78 is 5.88. The summed E-state index contributed by atoms with van der Waals surface area (Å²) in [6, 6.07) is 15.4. The quantitative estimate of drug-likeness (QED) is 0.770. The lowest BCUT2D eigenvalue weighted by molar-refractivity contribution is -0.150. The van der Waals surface area contributed by atoms with Crippen LogP contribution >= 0.6 is 11.6 Å². The van der Waals surface area contributed by atoms with Gasteiger partial charge in [-0.25, -0.2) is 4.79 Å². The lowest BCUT2D eigenvalue weighted by atomic mass is 9.85. The molecule has 0 saturated carbocycles. The number of esters is 1. The largest absolute Gasteiger partial charge is 0.453 e. The number of cyclic esters (lactones) is 1. The van der Waals surface area contributed by atoms with E-state index in [1.54, 1.807) is 0 Å². The van der Waals surface area contributed by atoms with Gasteiger partial charge in [0.2, 0.25) is 0 Å². The highest BCUT2D eigenvalue weighted by molar-refractivity contribution is 6.33. The zero-order valence-electron chi connectivity index (χ0n) is 14.0. The maximum Gasteiger partial charge on any atom is 0.329 e. The minimum absolute atomic E-state index is 0.219. The number of rotatable bonds is 5. The van der Waals surface area contributed by atoms with Gasteiger partial charge in [0.15, 0.2) is 0 Å². The zero-order valence-corrected chi connectivity index (χ0v) is 14.8. The molecule has 1 aliphatic rings. The molecule has 24 heavy (non-hydrogen) atoms. The van der Waals surface area contributed by atoms with Gasteiger partial charge in [0, 0.05) is 6.42 Å². The predicted molar refractivity (Wildman–Crippen MR) is 97.3 cm³/mol. The van der Waals surface area contributed by atoms with Gasteiger partial charge in [-0.05, 0) is 36.6 Å². The van der Waals surface area contributed by atoms with E-state index in [2.05, 4.69) is 12.2 Å². The molecule has 1 N–H and O–H groups in total. The van der Waals surface area contributed by atoms with Crippen molar-refractivity contribution in [1.82, 2.24) is 0 Å². The maximum atomic E-state index is 12.5. The van der Waals surface area contributed by atoms with Crippen LogP contribution < -0.4 is 5.32 Å². The number of carbonyl (C=O) groups excluding carboxylic acids is 1. The van der Waals surface area contributed by atoms with Gasteiger partial charge in [-0.2, -0.15) is 0 Å². The van der Waals surface area contributed by atoms with Crippen molar-refractivity contribution in [3.8, 4) is 0 Å². The topological polar surface area (TPSA) is 38.3 Å². The van der Waals surface area contributed by atoms with Crippen LogP contribution in [0.25, 0.3) is 0 Å². The van der Waals surface area contributed by atoms with Crippen molar-refractivity contribution in [3.05, 3.63) is 64.7 Å². The van der Waals surface area contributed by atoms with Gasteiger partial charge in [0.1, 0.15) is 11.6 Å². The van der Waals surface area contributed by atoms with Crippen molar-refractivity contribution < 1.29 is 9.53 Å². The van der Waals surface area contributed by atoms with Crippen molar-refractivity contribution in [2.45, 2.75) is 44.8 Å². The van der Waals surface area contributed by atoms with Crippen LogP contribution in [-0.4, -0.2) is 12.0 Å². The SMILES string of the molecule is CCCC1(c2ccccc2)CC(Nc2ccc(C)cc2Cl)C(=O)O1. The summed E-state index contributed by atoms with van der Waals surface area (Å²) in [4.78, 5) is 12.5. The third-order valence-corrected chi connectivity index (χ3v) is 4.84. The molecule has 2 atom stereocenters. The lowest BCUT2D eigenvalue weighted by Crippen LogP contribution is -2.27. The molecule has 1 aliphatic heterocycles. The zero-order chi connectivity index (χ0) is 17.2. The first kappa shape index (κ1) is 16.8. The van der Waals surface area contributed by atoms with Crippen LogP contribution in [0.5, 0.6) is 0 Å². The van der Waals surface area contributed by atoms with E-state index in [0.29, 0.717) is 11.4 Å². The number of ether oxygens (including phenoxy) is 1. The van der Waals surface area contributed by atoms with Crippen molar-refractivity contribution in [2.75, 3.05) is 5.32 Å².